The molecule has 0 aliphatic carbocycles. The molecule has 152 valence electrons. The Morgan fingerprint density at radius 2 is 1.86 bits per heavy atom. The SMILES string of the molecule is O=C(Cn1ccc(C(F)(F)F)n1)N(Cc1ccc(Cl)c(Cl)c1)Cc1ccccn1. The molecule has 2 heterocycles. The van der Waals surface area contributed by atoms with E-state index in [1.807, 2.05) is 0 Å². The minimum Gasteiger partial charge on any atom is -0.331 e. The van der Waals surface area contributed by atoms with Crippen LogP contribution in [0, 0.1) is 0 Å². The first-order valence-corrected chi connectivity index (χ1v) is 9.20. The molecular weight excluding hydrogens is 428 g/mol. The Kier molecular flexibility index (Phi) is 6.44. The van der Waals surface area contributed by atoms with E-state index in [1.54, 1.807) is 42.6 Å². The average molecular weight is 443 g/mol. The van der Waals surface area contributed by atoms with Crippen molar-refractivity contribution in [2.75, 3.05) is 0 Å². The zero-order valence-corrected chi connectivity index (χ0v) is 16.4. The number of halogens is 5. The molecule has 2 aromatic heterocycles. The maximum Gasteiger partial charge on any atom is 0.435 e. The van der Waals surface area contributed by atoms with E-state index in [1.165, 1.54) is 4.90 Å². The van der Waals surface area contributed by atoms with Crippen LogP contribution in [0.1, 0.15) is 17.0 Å². The lowest BCUT2D eigenvalue weighted by atomic mass is 10.2. The Morgan fingerprint density at radius 3 is 2.48 bits per heavy atom. The number of hydrogen-bond acceptors (Lipinski definition) is 3. The smallest absolute Gasteiger partial charge is 0.331 e. The predicted octanol–water partition coefficient (Wildman–Crippen LogP) is 4.83. The van der Waals surface area contributed by atoms with Crippen LogP contribution < -0.4 is 0 Å². The number of hydrogen-bond donors (Lipinski definition) is 0. The van der Waals surface area contributed by atoms with Crippen LogP contribution in [0.25, 0.3) is 0 Å². The van der Waals surface area contributed by atoms with Crippen LogP contribution in [0.15, 0.2) is 54.9 Å². The van der Waals surface area contributed by atoms with Crippen molar-refractivity contribution in [1.82, 2.24) is 19.7 Å². The molecule has 10 heteroatoms. The quantitative estimate of drug-likeness (QED) is 0.549. The predicted molar refractivity (Wildman–Crippen MR) is 102 cm³/mol. The highest BCUT2D eigenvalue weighted by Crippen LogP contribution is 2.27. The first-order chi connectivity index (χ1) is 13.7. The van der Waals surface area contributed by atoms with Crippen LogP contribution in [0.5, 0.6) is 0 Å². The van der Waals surface area contributed by atoms with Gasteiger partial charge < -0.3 is 4.90 Å². The molecule has 0 spiro atoms. The minimum atomic E-state index is -4.57. The molecule has 29 heavy (non-hydrogen) atoms. The zero-order chi connectivity index (χ0) is 21.0. The van der Waals surface area contributed by atoms with Gasteiger partial charge in [0.25, 0.3) is 0 Å². The molecule has 0 fully saturated rings. The van der Waals surface area contributed by atoms with Gasteiger partial charge in [0.2, 0.25) is 5.91 Å². The van der Waals surface area contributed by atoms with Gasteiger partial charge >= 0.3 is 6.18 Å². The van der Waals surface area contributed by atoms with E-state index in [4.69, 9.17) is 23.2 Å². The summed E-state index contributed by atoms with van der Waals surface area (Å²) in [5.41, 5.74) is 0.309. The summed E-state index contributed by atoms with van der Waals surface area (Å²) in [7, 11) is 0. The summed E-state index contributed by atoms with van der Waals surface area (Å²) in [6, 6.07) is 11.1. The maximum absolute atomic E-state index is 12.8. The third-order valence-electron chi connectivity index (χ3n) is 4.02. The molecule has 1 amide bonds. The minimum absolute atomic E-state index is 0.174. The third-order valence-corrected chi connectivity index (χ3v) is 4.76. The van der Waals surface area contributed by atoms with Gasteiger partial charge in [-0.25, -0.2) is 0 Å². The highest BCUT2D eigenvalue weighted by atomic mass is 35.5. The summed E-state index contributed by atoms with van der Waals surface area (Å²) in [5.74, 6) is -0.418. The topological polar surface area (TPSA) is 51.0 Å². The summed E-state index contributed by atoms with van der Waals surface area (Å²) in [6.45, 7) is 0.0112. The molecule has 0 saturated carbocycles. The Balaban J connectivity index is 1.80. The van der Waals surface area contributed by atoms with Crippen molar-refractivity contribution >= 4 is 29.1 Å². The number of nitrogens with zero attached hydrogens (tertiary/aromatic N) is 4. The van der Waals surface area contributed by atoms with Crippen molar-refractivity contribution in [1.29, 1.82) is 0 Å². The second-order valence-corrected chi connectivity index (χ2v) is 7.03. The molecule has 0 radical (unpaired) electrons. The summed E-state index contributed by atoms with van der Waals surface area (Å²) in [4.78, 5) is 18.5. The molecule has 5 nitrogen and oxygen atoms in total. The van der Waals surface area contributed by atoms with Crippen LogP contribution in [0.4, 0.5) is 13.2 Å². The van der Waals surface area contributed by atoms with Crippen LogP contribution >= 0.6 is 23.2 Å². The number of rotatable bonds is 6. The Bertz CT molecular complexity index is 993. The van der Waals surface area contributed by atoms with Gasteiger partial charge in [-0.1, -0.05) is 35.3 Å². The van der Waals surface area contributed by atoms with Crippen molar-refractivity contribution in [3.05, 3.63) is 81.9 Å². The number of amides is 1. The van der Waals surface area contributed by atoms with E-state index in [9.17, 15) is 18.0 Å². The monoisotopic (exact) mass is 442 g/mol. The van der Waals surface area contributed by atoms with Gasteiger partial charge in [0.05, 0.1) is 22.3 Å². The van der Waals surface area contributed by atoms with Crippen LogP contribution in [0.3, 0.4) is 0 Å². The van der Waals surface area contributed by atoms with E-state index >= 15 is 0 Å². The van der Waals surface area contributed by atoms with Gasteiger partial charge in [-0.2, -0.15) is 18.3 Å². The summed E-state index contributed by atoms with van der Waals surface area (Å²) >= 11 is 12.0. The maximum atomic E-state index is 12.8. The molecule has 0 aliphatic heterocycles. The van der Waals surface area contributed by atoms with Gasteiger partial charge in [-0.15, -0.1) is 0 Å². The number of carbonyl (C=O) groups is 1. The van der Waals surface area contributed by atoms with Crippen LogP contribution in [-0.4, -0.2) is 25.6 Å². The fourth-order valence-corrected chi connectivity index (χ4v) is 2.94. The number of aromatic nitrogens is 3. The lowest BCUT2D eigenvalue weighted by Crippen LogP contribution is -2.33. The van der Waals surface area contributed by atoms with Gasteiger partial charge in [-0.05, 0) is 35.9 Å². The largest absolute Gasteiger partial charge is 0.435 e. The van der Waals surface area contributed by atoms with Gasteiger partial charge in [0, 0.05) is 18.9 Å². The fraction of sp³-hybridized carbons (Fsp3) is 0.211. The molecule has 3 aromatic rings. The van der Waals surface area contributed by atoms with Crippen molar-refractivity contribution < 1.29 is 18.0 Å². The van der Waals surface area contributed by atoms with Gasteiger partial charge in [-0.3, -0.25) is 14.5 Å². The van der Waals surface area contributed by atoms with E-state index in [0.29, 0.717) is 15.7 Å². The summed E-state index contributed by atoms with van der Waals surface area (Å²) < 4.78 is 39.2. The second-order valence-electron chi connectivity index (χ2n) is 6.22. The zero-order valence-electron chi connectivity index (χ0n) is 14.9. The van der Waals surface area contributed by atoms with Gasteiger partial charge in [0.15, 0.2) is 5.69 Å². The molecule has 3 rings (SSSR count). The molecular formula is C19H15Cl2F3N4O. The van der Waals surface area contributed by atoms with Crippen molar-refractivity contribution in [2.45, 2.75) is 25.8 Å². The van der Waals surface area contributed by atoms with Gasteiger partial charge in [0.1, 0.15) is 6.54 Å². The summed E-state index contributed by atoms with van der Waals surface area (Å²) in [5, 5.41) is 4.16. The molecule has 0 N–H and O–H groups in total. The van der Waals surface area contributed by atoms with E-state index in [-0.39, 0.29) is 19.6 Å². The molecule has 0 aliphatic rings. The normalized spacial score (nSPS) is 11.5. The molecule has 1 aromatic carbocycles. The highest BCUT2D eigenvalue weighted by molar-refractivity contribution is 6.42. The second kappa shape index (κ2) is 8.84. The standard InChI is InChI=1S/C19H15Cl2F3N4O/c20-15-5-4-13(9-16(15)21)10-27(11-14-3-1-2-7-25-14)18(29)12-28-8-6-17(26-28)19(22,23)24/h1-9H,10-12H2. The number of alkyl halides is 3. The van der Waals surface area contributed by atoms with E-state index in [2.05, 4.69) is 10.1 Å². The third kappa shape index (κ3) is 5.71. The Hall–Kier alpha value is -2.58. The van der Waals surface area contributed by atoms with Crippen molar-refractivity contribution in [3.8, 4) is 0 Å². The number of benzene rings is 1. The summed E-state index contributed by atoms with van der Waals surface area (Å²) in [6.07, 6.45) is -1.85. The molecule has 0 saturated heterocycles. The molecule has 0 unspecified atom stereocenters. The van der Waals surface area contributed by atoms with Crippen molar-refractivity contribution in [3.63, 3.8) is 0 Å². The molecule has 0 bridgehead atoms. The fourth-order valence-electron chi connectivity index (χ4n) is 2.62. The van der Waals surface area contributed by atoms with E-state index < -0.39 is 17.8 Å². The number of carbonyl (C=O) groups excluding carboxylic acids is 1. The lowest BCUT2D eigenvalue weighted by molar-refractivity contribution is -0.142. The molecule has 0 atom stereocenters. The van der Waals surface area contributed by atoms with E-state index in [0.717, 1.165) is 22.5 Å². The van der Waals surface area contributed by atoms with Crippen LogP contribution in [0.2, 0.25) is 10.0 Å². The van der Waals surface area contributed by atoms with Crippen molar-refractivity contribution in [2.24, 2.45) is 0 Å². The Morgan fingerprint density at radius 1 is 1.07 bits per heavy atom. The first-order valence-electron chi connectivity index (χ1n) is 8.44. The lowest BCUT2D eigenvalue weighted by Gasteiger charge is -2.23. The Labute approximate surface area is 174 Å². The highest BCUT2D eigenvalue weighted by Gasteiger charge is 2.33. The van der Waals surface area contributed by atoms with Crippen LogP contribution in [-0.2, 0) is 30.6 Å². The average Bonchev–Trinajstić information content (AvgIpc) is 3.14. The number of pyridine rings is 1. The first kappa shape index (κ1) is 21.1.